The van der Waals surface area contributed by atoms with Crippen LogP contribution in [0.3, 0.4) is 0 Å². The summed E-state index contributed by atoms with van der Waals surface area (Å²) in [5.74, 6) is 0.323. The van der Waals surface area contributed by atoms with E-state index in [1.54, 1.807) is 12.3 Å². The van der Waals surface area contributed by atoms with Gasteiger partial charge < -0.3 is 10.2 Å². The minimum atomic E-state index is -0.208. The SMILES string of the molecule is O=C(CC1CCCN(c2cn[nH]c(=O)c2)C1)NCc1ccc(Cl)cc1. The second-order valence-electron chi connectivity index (χ2n) is 6.37. The molecule has 0 aliphatic carbocycles. The van der Waals surface area contributed by atoms with Crippen molar-refractivity contribution in [1.82, 2.24) is 15.5 Å². The Hall–Kier alpha value is -2.34. The lowest BCUT2D eigenvalue weighted by Gasteiger charge is -2.33. The first-order valence-corrected chi connectivity index (χ1v) is 8.79. The molecule has 1 aliphatic heterocycles. The lowest BCUT2D eigenvalue weighted by Crippen LogP contribution is -2.38. The van der Waals surface area contributed by atoms with E-state index < -0.39 is 0 Å². The molecule has 2 N–H and O–H groups in total. The van der Waals surface area contributed by atoms with E-state index in [4.69, 9.17) is 11.6 Å². The van der Waals surface area contributed by atoms with Gasteiger partial charge in [-0.2, -0.15) is 5.10 Å². The molecule has 1 amide bonds. The Morgan fingerprint density at radius 2 is 2.16 bits per heavy atom. The summed E-state index contributed by atoms with van der Waals surface area (Å²) in [4.78, 5) is 25.8. The lowest BCUT2D eigenvalue weighted by molar-refractivity contribution is -0.122. The first-order valence-electron chi connectivity index (χ1n) is 8.41. The molecular weight excluding hydrogens is 340 g/mol. The van der Waals surface area contributed by atoms with Crippen molar-refractivity contribution >= 4 is 23.2 Å². The minimum absolute atomic E-state index is 0.0471. The molecule has 2 heterocycles. The smallest absolute Gasteiger partial charge is 0.266 e. The van der Waals surface area contributed by atoms with Crippen molar-refractivity contribution in [1.29, 1.82) is 0 Å². The van der Waals surface area contributed by atoms with Crippen molar-refractivity contribution in [3.05, 3.63) is 57.5 Å². The highest BCUT2D eigenvalue weighted by atomic mass is 35.5. The first kappa shape index (κ1) is 17.5. The van der Waals surface area contributed by atoms with E-state index in [0.717, 1.165) is 37.2 Å². The molecule has 1 aliphatic rings. The molecule has 3 rings (SSSR count). The summed E-state index contributed by atoms with van der Waals surface area (Å²) >= 11 is 5.86. The Labute approximate surface area is 151 Å². The quantitative estimate of drug-likeness (QED) is 0.858. The van der Waals surface area contributed by atoms with Crippen LogP contribution in [0.15, 0.2) is 41.3 Å². The highest BCUT2D eigenvalue weighted by Gasteiger charge is 2.22. The summed E-state index contributed by atoms with van der Waals surface area (Å²) in [5, 5.41) is 9.88. The van der Waals surface area contributed by atoms with Crippen molar-refractivity contribution < 1.29 is 4.79 Å². The molecule has 132 valence electrons. The third-order valence-electron chi connectivity index (χ3n) is 4.41. The van der Waals surface area contributed by atoms with Gasteiger partial charge in [0, 0.05) is 37.1 Å². The van der Waals surface area contributed by atoms with Crippen LogP contribution in [0.5, 0.6) is 0 Å². The molecule has 1 atom stereocenters. The second-order valence-corrected chi connectivity index (χ2v) is 6.80. The number of nitrogens with one attached hydrogen (secondary N) is 2. The van der Waals surface area contributed by atoms with Gasteiger partial charge in [-0.15, -0.1) is 0 Å². The zero-order valence-corrected chi connectivity index (χ0v) is 14.6. The van der Waals surface area contributed by atoms with Gasteiger partial charge >= 0.3 is 0 Å². The molecule has 0 spiro atoms. The molecule has 1 aromatic carbocycles. The largest absolute Gasteiger partial charge is 0.370 e. The van der Waals surface area contributed by atoms with Crippen LogP contribution in [-0.2, 0) is 11.3 Å². The summed E-state index contributed by atoms with van der Waals surface area (Å²) < 4.78 is 0. The van der Waals surface area contributed by atoms with Gasteiger partial charge in [0.2, 0.25) is 5.91 Å². The number of halogens is 1. The monoisotopic (exact) mass is 360 g/mol. The predicted molar refractivity (Wildman–Crippen MR) is 97.7 cm³/mol. The molecule has 0 radical (unpaired) electrons. The zero-order chi connectivity index (χ0) is 17.6. The molecule has 7 heteroatoms. The van der Waals surface area contributed by atoms with Crippen LogP contribution < -0.4 is 15.8 Å². The van der Waals surface area contributed by atoms with Gasteiger partial charge in [-0.1, -0.05) is 23.7 Å². The van der Waals surface area contributed by atoms with Gasteiger partial charge in [0.25, 0.3) is 5.56 Å². The Balaban J connectivity index is 1.51. The number of carbonyl (C=O) groups is 1. The number of benzene rings is 1. The number of rotatable bonds is 5. The van der Waals surface area contributed by atoms with E-state index in [-0.39, 0.29) is 17.4 Å². The molecule has 25 heavy (non-hydrogen) atoms. The number of hydrogen-bond donors (Lipinski definition) is 2. The van der Waals surface area contributed by atoms with E-state index >= 15 is 0 Å². The van der Waals surface area contributed by atoms with Crippen molar-refractivity contribution in [3.63, 3.8) is 0 Å². The Bertz CT molecular complexity index is 775. The topological polar surface area (TPSA) is 78.1 Å². The fourth-order valence-electron chi connectivity index (χ4n) is 3.14. The van der Waals surface area contributed by atoms with E-state index in [1.807, 2.05) is 24.3 Å². The van der Waals surface area contributed by atoms with Crippen molar-refractivity contribution in [2.45, 2.75) is 25.8 Å². The molecule has 2 aromatic rings. The van der Waals surface area contributed by atoms with E-state index in [1.165, 1.54) is 0 Å². The van der Waals surface area contributed by atoms with Crippen LogP contribution in [0.2, 0.25) is 5.02 Å². The zero-order valence-electron chi connectivity index (χ0n) is 13.9. The molecule has 0 bridgehead atoms. The minimum Gasteiger partial charge on any atom is -0.370 e. The third kappa shape index (κ3) is 5.06. The van der Waals surface area contributed by atoms with Crippen molar-refractivity contribution in [3.8, 4) is 0 Å². The number of anilines is 1. The van der Waals surface area contributed by atoms with Gasteiger partial charge in [-0.3, -0.25) is 9.59 Å². The van der Waals surface area contributed by atoms with Crippen molar-refractivity contribution in [2.75, 3.05) is 18.0 Å². The molecular formula is C18H21ClN4O2. The highest BCUT2D eigenvalue weighted by Crippen LogP contribution is 2.23. The Morgan fingerprint density at radius 1 is 1.36 bits per heavy atom. The molecule has 1 aromatic heterocycles. The average Bonchev–Trinajstić information content (AvgIpc) is 2.61. The van der Waals surface area contributed by atoms with Crippen LogP contribution in [0.25, 0.3) is 0 Å². The van der Waals surface area contributed by atoms with E-state index in [9.17, 15) is 9.59 Å². The number of nitrogens with zero attached hydrogens (tertiary/aromatic N) is 2. The fraction of sp³-hybridized carbons (Fsp3) is 0.389. The summed E-state index contributed by atoms with van der Waals surface area (Å²) in [7, 11) is 0. The summed E-state index contributed by atoms with van der Waals surface area (Å²) in [5.41, 5.74) is 1.63. The Morgan fingerprint density at radius 3 is 2.92 bits per heavy atom. The van der Waals surface area contributed by atoms with Crippen LogP contribution in [0.4, 0.5) is 5.69 Å². The van der Waals surface area contributed by atoms with Crippen molar-refractivity contribution in [2.24, 2.45) is 5.92 Å². The molecule has 1 fully saturated rings. The molecule has 1 saturated heterocycles. The fourth-order valence-corrected chi connectivity index (χ4v) is 3.27. The van der Waals surface area contributed by atoms with Gasteiger partial charge in [0.15, 0.2) is 0 Å². The second kappa shape index (κ2) is 8.16. The van der Waals surface area contributed by atoms with E-state index in [2.05, 4.69) is 20.4 Å². The molecule has 6 nitrogen and oxygen atoms in total. The number of amides is 1. The lowest BCUT2D eigenvalue weighted by atomic mass is 9.94. The van der Waals surface area contributed by atoms with Gasteiger partial charge in [0.1, 0.15) is 0 Å². The summed E-state index contributed by atoms with van der Waals surface area (Å²) in [6.07, 6.45) is 4.16. The Kier molecular flexibility index (Phi) is 5.71. The predicted octanol–water partition coefficient (Wildman–Crippen LogP) is 2.35. The maximum atomic E-state index is 12.2. The number of aromatic amines is 1. The maximum absolute atomic E-state index is 12.2. The van der Waals surface area contributed by atoms with Crippen LogP contribution in [0, 0.1) is 5.92 Å². The van der Waals surface area contributed by atoms with E-state index in [0.29, 0.717) is 18.0 Å². The van der Waals surface area contributed by atoms with Gasteiger partial charge in [0.05, 0.1) is 11.9 Å². The number of aromatic nitrogens is 2. The number of H-pyrrole nitrogens is 1. The first-order chi connectivity index (χ1) is 12.1. The van der Waals surface area contributed by atoms with Gasteiger partial charge in [-0.25, -0.2) is 5.10 Å². The number of carbonyl (C=O) groups excluding carboxylic acids is 1. The summed E-state index contributed by atoms with van der Waals surface area (Å²) in [6, 6.07) is 9.00. The number of piperidine rings is 1. The van der Waals surface area contributed by atoms with Crippen LogP contribution >= 0.6 is 11.6 Å². The summed E-state index contributed by atoms with van der Waals surface area (Å²) in [6.45, 7) is 2.15. The normalized spacial score (nSPS) is 17.3. The highest BCUT2D eigenvalue weighted by molar-refractivity contribution is 6.30. The molecule has 0 saturated carbocycles. The van der Waals surface area contributed by atoms with Crippen LogP contribution in [-0.4, -0.2) is 29.2 Å². The number of hydrogen-bond acceptors (Lipinski definition) is 4. The molecule has 1 unspecified atom stereocenters. The maximum Gasteiger partial charge on any atom is 0.266 e. The third-order valence-corrected chi connectivity index (χ3v) is 4.66. The van der Waals surface area contributed by atoms with Gasteiger partial charge in [-0.05, 0) is 36.5 Å². The van der Waals surface area contributed by atoms with Crippen LogP contribution in [0.1, 0.15) is 24.8 Å². The standard InChI is InChI=1S/C18H21ClN4O2/c19-15-5-3-13(4-6-15)10-20-17(24)8-14-2-1-7-23(12-14)16-9-18(25)22-21-11-16/h3-6,9,11,14H,1-2,7-8,10,12H2,(H,20,24)(H,22,25). The average molecular weight is 361 g/mol.